The van der Waals surface area contributed by atoms with Gasteiger partial charge in [-0.25, -0.2) is 9.89 Å². The Labute approximate surface area is 142 Å². The third-order valence-corrected chi connectivity index (χ3v) is 5.00. The SMILES string of the molecule is COCCCn1c(SCC(=O)N(C)Cc2cccs2)n[nH]c1=O. The van der Waals surface area contributed by atoms with Gasteiger partial charge < -0.3 is 9.64 Å². The Hall–Kier alpha value is -1.58. The Morgan fingerprint density at radius 1 is 1.57 bits per heavy atom. The monoisotopic (exact) mass is 356 g/mol. The van der Waals surface area contributed by atoms with Crippen LogP contribution in [0.1, 0.15) is 11.3 Å². The summed E-state index contributed by atoms with van der Waals surface area (Å²) in [4.78, 5) is 26.7. The van der Waals surface area contributed by atoms with E-state index in [1.807, 2.05) is 17.5 Å². The zero-order valence-corrected chi connectivity index (χ0v) is 14.8. The molecule has 2 aromatic rings. The number of amides is 1. The van der Waals surface area contributed by atoms with Crippen LogP contribution in [0.25, 0.3) is 0 Å². The molecule has 0 saturated heterocycles. The first-order chi connectivity index (χ1) is 11.1. The molecule has 0 bridgehead atoms. The molecule has 126 valence electrons. The summed E-state index contributed by atoms with van der Waals surface area (Å²) >= 11 is 2.89. The molecule has 9 heteroatoms. The van der Waals surface area contributed by atoms with E-state index in [0.29, 0.717) is 24.9 Å². The Bertz CT molecular complexity index is 666. The first-order valence-corrected chi connectivity index (χ1v) is 9.01. The topological polar surface area (TPSA) is 80.2 Å². The summed E-state index contributed by atoms with van der Waals surface area (Å²) in [5.74, 6) is 0.249. The highest BCUT2D eigenvalue weighted by atomic mass is 32.2. The number of thiophene rings is 1. The molecule has 0 aromatic carbocycles. The van der Waals surface area contributed by atoms with Crippen LogP contribution in [-0.4, -0.2) is 52.1 Å². The van der Waals surface area contributed by atoms with Gasteiger partial charge in [-0.05, 0) is 17.9 Å². The van der Waals surface area contributed by atoms with Gasteiger partial charge in [0.15, 0.2) is 5.16 Å². The minimum atomic E-state index is -0.261. The number of nitrogens with one attached hydrogen (secondary N) is 1. The van der Waals surface area contributed by atoms with Gasteiger partial charge in [-0.1, -0.05) is 17.8 Å². The molecular formula is C14H20N4O3S2. The van der Waals surface area contributed by atoms with Crippen molar-refractivity contribution >= 4 is 29.0 Å². The van der Waals surface area contributed by atoms with Gasteiger partial charge in [0.2, 0.25) is 5.91 Å². The number of nitrogens with zero attached hydrogens (tertiary/aromatic N) is 3. The van der Waals surface area contributed by atoms with Crippen molar-refractivity contribution in [3.05, 3.63) is 32.9 Å². The molecule has 1 amide bonds. The zero-order valence-electron chi connectivity index (χ0n) is 13.2. The number of aromatic amines is 1. The quantitative estimate of drug-likeness (QED) is 0.543. The zero-order chi connectivity index (χ0) is 16.7. The summed E-state index contributed by atoms with van der Waals surface area (Å²) in [6.07, 6.45) is 0.718. The highest BCUT2D eigenvalue weighted by Gasteiger charge is 2.14. The number of ether oxygens (including phenoxy) is 1. The summed E-state index contributed by atoms with van der Waals surface area (Å²) in [7, 11) is 3.40. The summed E-state index contributed by atoms with van der Waals surface area (Å²) in [5, 5.41) is 8.93. The first kappa shape index (κ1) is 17.8. The molecule has 0 radical (unpaired) electrons. The molecule has 0 aliphatic carbocycles. The van der Waals surface area contributed by atoms with E-state index >= 15 is 0 Å². The van der Waals surface area contributed by atoms with E-state index in [2.05, 4.69) is 10.2 Å². The number of hydrogen-bond donors (Lipinski definition) is 1. The van der Waals surface area contributed by atoms with E-state index in [-0.39, 0.29) is 17.3 Å². The van der Waals surface area contributed by atoms with Gasteiger partial charge in [-0.2, -0.15) is 0 Å². The molecule has 0 atom stereocenters. The lowest BCUT2D eigenvalue weighted by molar-refractivity contribution is -0.127. The summed E-state index contributed by atoms with van der Waals surface area (Å²) in [6.45, 7) is 1.69. The van der Waals surface area contributed by atoms with E-state index in [9.17, 15) is 9.59 Å². The van der Waals surface area contributed by atoms with Gasteiger partial charge in [0.05, 0.1) is 12.3 Å². The van der Waals surface area contributed by atoms with Crippen molar-refractivity contribution in [3.8, 4) is 0 Å². The number of carbonyl (C=O) groups excluding carboxylic acids is 1. The molecule has 0 aliphatic heterocycles. The number of aromatic nitrogens is 3. The molecule has 0 saturated carbocycles. The minimum absolute atomic E-state index is 0.00212. The maximum absolute atomic E-state index is 12.2. The Balaban J connectivity index is 1.87. The molecule has 7 nitrogen and oxygen atoms in total. The summed E-state index contributed by atoms with van der Waals surface area (Å²) in [6, 6.07) is 3.97. The van der Waals surface area contributed by atoms with Crippen LogP contribution < -0.4 is 5.69 Å². The number of methoxy groups -OCH3 is 1. The summed E-state index contributed by atoms with van der Waals surface area (Å²) < 4.78 is 6.52. The fourth-order valence-electron chi connectivity index (χ4n) is 1.94. The smallest absolute Gasteiger partial charge is 0.343 e. The van der Waals surface area contributed by atoms with Gasteiger partial charge in [0.25, 0.3) is 0 Å². The lowest BCUT2D eigenvalue weighted by Crippen LogP contribution is -2.27. The molecular weight excluding hydrogens is 336 g/mol. The first-order valence-electron chi connectivity index (χ1n) is 7.15. The maximum Gasteiger partial charge on any atom is 0.343 e. The molecule has 0 aliphatic rings. The normalized spacial score (nSPS) is 10.9. The lowest BCUT2D eigenvalue weighted by atomic mass is 10.4. The van der Waals surface area contributed by atoms with Crippen LogP contribution in [0.15, 0.2) is 27.5 Å². The molecule has 2 rings (SSSR count). The van der Waals surface area contributed by atoms with Crippen molar-refractivity contribution < 1.29 is 9.53 Å². The Morgan fingerprint density at radius 3 is 3.09 bits per heavy atom. The standard InChI is InChI=1S/C14H20N4O3S2/c1-17(9-11-5-3-8-22-11)12(19)10-23-14-16-15-13(20)18(14)6-4-7-21-2/h3,5,8H,4,6-7,9-10H2,1-2H3,(H,15,20). The molecule has 1 N–H and O–H groups in total. The van der Waals surface area contributed by atoms with Gasteiger partial charge in [0, 0.05) is 32.2 Å². The molecule has 2 aromatic heterocycles. The van der Waals surface area contributed by atoms with Crippen molar-refractivity contribution in [1.82, 2.24) is 19.7 Å². The van der Waals surface area contributed by atoms with Crippen LogP contribution in [0, 0.1) is 0 Å². The molecule has 23 heavy (non-hydrogen) atoms. The van der Waals surface area contributed by atoms with Crippen LogP contribution in [0.4, 0.5) is 0 Å². The van der Waals surface area contributed by atoms with Gasteiger partial charge in [0.1, 0.15) is 0 Å². The molecule has 0 unspecified atom stereocenters. The van der Waals surface area contributed by atoms with E-state index in [4.69, 9.17) is 4.74 Å². The second kappa shape index (κ2) is 8.90. The van der Waals surface area contributed by atoms with Crippen molar-refractivity contribution in [2.24, 2.45) is 0 Å². The van der Waals surface area contributed by atoms with Crippen molar-refractivity contribution in [2.75, 3.05) is 26.5 Å². The third kappa shape index (κ3) is 5.22. The Kier molecular flexibility index (Phi) is 6.87. The number of H-pyrrole nitrogens is 1. The number of rotatable bonds is 9. The highest BCUT2D eigenvalue weighted by molar-refractivity contribution is 7.99. The Morgan fingerprint density at radius 2 is 2.39 bits per heavy atom. The molecule has 0 fully saturated rings. The molecule has 0 spiro atoms. The summed E-state index contributed by atoms with van der Waals surface area (Å²) in [5.41, 5.74) is -0.261. The fourth-order valence-corrected chi connectivity index (χ4v) is 3.61. The molecule has 2 heterocycles. The highest BCUT2D eigenvalue weighted by Crippen LogP contribution is 2.16. The van der Waals surface area contributed by atoms with Gasteiger partial charge >= 0.3 is 5.69 Å². The number of thioether (sulfide) groups is 1. The van der Waals surface area contributed by atoms with Crippen LogP contribution in [0.5, 0.6) is 0 Å². The van der Waals surface area contributed by atoms with Crippen LogP contribution in [0.3, 0.4) is 0 Å². The van der Waals surface area contributed by atoms with E-state index in [0.717, 1.165) is 11.3 Å². The van der Waals surface area contributed by atoms with Crippen LogP contribution in [-0.2, 0) is 22.6 Å². The predicted molar refractivity (Wildman–Crippen MR) is 90.9 cm³/mol. The third-order valence-electron chi connectivity index (χ3n) is 3.18. The fraction of sp³-hybridized carbons (Fsp3) is 0.500. The van der Waals surface area contributed by atoms with E-state index < -0.39 is 0 Å². The largest absolute Gasteiger partial charge is 0.385 e. The van der Waals surface area contributed by atoms with E-state index in [1.54, 1.807) is 30.4 Å². The predicted octanol–water partition coefficient (Wildman–Crippen LogP) is 1.42. The minimum Gasteiger partial charge on any atom is -0.385 e. The maximum atomic E-state index is 12.2. The van der Waals surface area contributed by atoms with Crippen molar-refractivity contribution in [1.29, 1.82) is 0 Å². The van der Waals surface area contributed by atoms with Gasteiger partial charge in [-0.15, -0.1) is 16.4 Å². The van der Waals surface area contributed by atoms with Crippen LogP contribution in [0.2, 0.25) is 0 Å². The van der Waals surface area contributed by atoms with Crippen LogP contribution >= 0.6 is 23.1 Å². The second-order valence-electron chi connectivity index (χ2n) is 4.93. The number of hydrogen-bond acceptors (Lipinski definition) is 6. The number of carbonyl (C=O) groups is 1. The lowest BCUT2D eigenvalue weighted by Gasteiger charge is -2.15. The van der Waals surface area contributed by atoms with Gasteiger partial charge in [-0.3, -0.25) is 9.36 Å². The van der Waals surface area contributed by atoms with Crippen molar-refractivity contribution in [3.63, 3.8) is 0 Å². The average Bonchev–Trinajstić information content (AvgIpc) is 3.16. The second-order valence-corrected chi connectivity index (χ2v) is 6.90. The van der Waals surface area contributed by atoms with Crippen molar-refractivity contribution in [2.45, 2.75) is 24.7 Å². The van der Waals surface area contributed by atoms with E-state index in [1.165, 1.54) is 16.3 Å². The average molecular weight is 356 g/mol.